The van der Waals surface area contributed by atoms with Gasteiger partial charge in [0.1, 0.15) is 18.1 Å². The molecule has 0 unspecified atom stereocenters. The maximum Gasteiger partial charge on any atom is 0.193 e. The summed E-state index contributed by atoms with van der Waals surface area (Å²) in [7, 11) is 1.67. The Hall–Kier alpha value is -3.66. The van der Waals surface area contributed by atoms with Gasteiger partial charge in [-0.25, -0.2) is 0 Å². The van der Waals surface area contributed by atoms with Gasteiger partial charge in [-0.2, -0.15) is 0 Å². The predicted octanol–water partition coefficient (Wildman–Crippen LogP) is 7.47. The second-order valence-electron chi connectivity index (χ2n) is 9.06. The Balaban J connectivity index is 1.52. The SMILES string of the molecule is CCCCCCN=CCOc1ccc(C(=O)C2=C(c3ccccc3)CCc3cc(OC)ccc32)cc1. The zero-order valence-electron chi connectivity index (χ0n) is 21.3. The summed E-state index contributed by atoms with van der Waals surface area (Å²) < 4.78 is 11.2. The highest BCUT2D eigenvalue weighted by atomic mass is 16.5. The van der Waals surface area contributed by atoms with Crippen LogP contribution in [0.4, 0.5) is 0 Å². The normalized spacial score (nSPS) is 13.1. The highest BCUT2D eigenvalue weighted by Gasteiger charge is 2.26. The van der Waals surface area contributed by atoms with Crippen molar-refractivity contribution < 1.29 is 14.3 Å². The molecule has 0 bridgehead atoms. The van der Waals surface area contributed by atoms with Crippen LogP contribution in [-0.2, 0) is 6.42 Å². The molecule has 0 fully saturated rings. The number of nitrogens with zero attached hydrogens (tertiary/aromatic N) is 1. The molecule has 1 aliphatic rings. The second kappa shape index (κ2) is 12.9. The Bertz CT molecular complexity index is 1210. The summed E-state index contributed by atoms with van der Waals surface area (Å²) in [5, 5.41) is 0. The predicted molar refractivity (Wildman–Crippen MR) is 148 cm³/mol. The summed E-state index contributed by atoms with van der Waals surface area (Å²) in [4.78, 5) is 18.3. The van der Waals surface area contributed by atoms with Gasteiger partial charge in [0.05, 0.1) is 7.11 Å². The third kappa shape index (κ3) is 6.31. The molecule has 0 saturated heterocycles. The van der Waals surface area contributed by atoms with Crippen LogP contribution in [0.15, 0.2) is 77.8 Å². The van der Waals surface area contributed by atoms with Gasteiger partial charge in [0.25, 0.3) is 0 Å². The van der Waals surface area contributed by atoms with Crippen LogP contribution in [0.2, 0.25) is 0 Å². The number of ether oxygens (including phenoxy) is 2. The zero-order chi connectivity index (χ0) is 25.2. The lowest BCUT2D eigenvalue weighted by Crippen LogP contribution is -2.13. The van der Waals surface area contributed by atoms with Gasteiger partial charge in [-0.1, -0.05) is 62.6 Å². The minimum atomic E-state index is 0.0279. The lowest BCUT2D eigenvalue weighted by atomic mass is 9.79. The van der Waals surface area contributed by atoms with Crippen LogP contribution in [0.25, 0.3) is 11.1 Å². The molecule has 3 aromatic carbocycles. The van der Waals surface area contributed by atoms with E-state index in [9.17, 15) is 4.79 Å². The Morgan fingerprint density at radius 3 is 2.44 bits per heavy atom. The number of hydrogen-bond acceptors (Lipinski definition) is 4. The molecule has 0 aromatic heterocycles. The molecule has 186 valence electrons. The molecule has 4 nitrogen and oxygen atoms in total. The Labute approximate surface area is 214 Å². The van der Waals surface area contributed by atoms with E-state index in [0.717, 1.165) is 65.1 Å². The van der Waals surface area contributed by atoms with Crippen molar-refractivity contribution in [2.45, 2.75) is 45.4 Å². The van der Waals surface area contributed by atoms with E-state index in [1.54, 1.807) is 7.11 Å². The Morgan fingerprint density at radius 2 is 1.69 bits per heavy atom. The number of aliphatic imine (C=N–C) groups is 1. The molecule has 0 spiro atoms. The van der Waals surface area contributed by atoms with Crippen molar-refractivity contribution in [2.75, 3.05) is 20.3 Å². The molecule has 4 rings (SSSR count). The molecule has 4 heteroatoms. The highest BCUT2D eigenvalue weighted by molar-refractivity contribution is 6.35. The lowest BCUT2D eigenvalue weighted by Gasteiger charge is -2.24. The average Bonchev–Trinajstić information content (AvgIpc) is 2.94. The first-order chi connectivity index (χ1) is 17.7. The number of methoxy groups -OCH3 is 1. The van der Waals surface area contributed by atoms with Gasteiger partial charge in [-0.3, -0.25) is 9.79 Å². The van der Waals surface area contributed by atoms with Crippen molar-refractivity contribution in [2.24, 2.45) is 4.99 Å². The number of hydrogen-bond donors (Lipinski definition) is 0. The number of benzene rings is 3. The van der Waals surface area contributed by atoms with Crippen molar-refractivity contribution in [3.8, 4) is 11.5 Å². The Kier molecular flexibility index (Phi) is 9.09. The van der Waals surface area contributed by atoms with Crippen LogP contribution in [0.1, 0.15) is 66.1 Å². The number of carbonyl (C=O) groups excluding carboxylic acids is 1. The number of ketones is 1. The van der Waals surface area contributed by atoms with E-state index in [2.05, 4.69) is 24.0 Å². The summed E-state index contributed by atoms with van der Waals surface area (Å²) >= 11 is 0. The molecule has 0 heterocycles. The molecule has 0 radical (unpaired) electrons. The maximum atomic E-state index is 13.9. The van der Waals surface area contributed by atoms with Gasteiger partial charge >= 0.3 is 0 Å². The Morgan fingerprint density at radius 1 is 0.917 bits per heavy atom. The molecule has 0 atom stereocenters. The summed E-state index contributed by atoms with van der Waals surface area (Å²) in [6.07, 6.45) is 8.36. The third-order valence-corrected chi connectivity index (χ3v) is 6.59. The van der Waals surface area contributed by atoms with E-state index in [4.69, 9.17) is 9.47 Å². The van der Waals surface area contributed by atoms with Gasteiger partial charge in [-0.05, 0) is 77.9 Å². The van der Waals surface area contributed by atoms with Gasteiger partial charge < -0.3 is 9.47 Å². The first-order valence-electron chi connectivity index (χ1n) is 12.9. The number of rotatable bonds is 12. The lowest BCUT2D eigenvalue weighted by molar-refractivity contribution is 0.105. The van der Waals surface area contributed by atoms with Gasteiger partial charge in [0.15, 0.2) is 5.78 Å². The molecular weight excluding hydrogens is 446 g/mol. The topological polar surface area (TPSA) is 47.9 Å². The van der Waals surface area contributed by atoms with Crippen LogP contribution in [0.5, 0.6) is 11.5 Å². The number of fused-ring (bicyclic) bond motifs is 1. The van der Waals surface area contributed by atoms with Crippen molar-refractivity contribution >= 4 is 23.1 Å². The zero-order valence-corrected chi connectivity index (χ0v) is 21.3. The number of unbranched alkanes of at least 4 members (excludes halogenated alkanes) is 3. The van der Waals surface area contributed by atoms with Gasteiger partial charge in [0, 0.05) is 23.9 Å². The highest BCUT2D eigenvalue weighted by Crippen LogP contribution is 2.40. The summed E-state index contributed by atoms with van der Waals surface area (Å²) in [5.41, 5.74) is 5.74. The number of Topliss-reactive ketones (excluding diaryl/α,β-unsaturated/α-hetero) is 1. The fraction of sp³-hybridized carbons (Fsp3) is 0.312. The molecule has 0 N–H and O–H groups in total. The van der Waals surface area contributed by atoms with Crippen LogP contribution < -0.4 is 9.47 Å². The van der Waals surface area contributed by atoms with E-state index >= 15 is 0 Å². The minimum absolute atomic E-state index is 0.0279. The van der Waals surface area contributed by atoms with Crippen LogP contribution >= 0.6 is 0 Å². The van der Waals surface area contributed by atoms with E-state index in [1.807, 2.05) is 66.9 Å². The molecule has 3 aromatic rings. The first-order valence-corrected chi connectivity index (χ1v) is 12.9. The fourth-order valence-electron chi connectivity index (χ4n) is 4.64. The smallest absolute Gasteiger partial charge is 0.193 e. The molecule has 36 heavy (non-hydrogen) atoms. The molecule has 0 saturated carbocycles. The quantitative estimate of drug-likeness (QED) is 0.153. The summed E-state index contributed by atoms with van der Waals surface area (Å²) in [6.45, 7) is 3.49. The molecule has 1 aliphatic carbocycles. The fourth-order valence-corrected chi connectivity index (χ4v) is 4.64. The largest absolute Gasteiger partial charge is 0.497 e. The van der Waals surface area contributed by atoms with Gasteiger partial charge in [0.2, 0.25) is 0 Å². The van der Waals surface area contributed by atoms with E-state index in [0.29, 0.717) is 12.2 Å². The average molecular weight is 482 g/mol. The van der Waals surface area contributed by atoms with Crippen molar-refractivity contribution in [1.82, 2.24) is 0 Å². The number of aryl methyl sites for hydroxylation is 1. The standard InChI is InChI=1S/C32H35NO3/c1-3-4-5-9-20-33-21-22-36-27-15-12-25(13-16-27)32(34)31-29(24-10-7-6-8-11-24)18-14-26-23-28(35-2)17-19-30(26)31/h6-8,10-13,15-17,19,21,23H,3-5,9,14,18,20,22H2,1-2H3. The van der Waals surface area contributed by atoms with Crippen LogP contribution in [0, 0.1) is 0 Å². The minimum Gasteiger partial charge on any atom is -0.497 e. The molecular formula is C32H35NO3. The van der Waals surface area contributed by atoms with Crippen LogP contribution in [0.3, 0.4) is 0 Å². The van der Waals surface area contributed by atoms with Crippen LogP contribution in [-0.4, -0.2) is 32.3 Å². The van der Waals surface area contributed by atoms with E-state index in [1.165, 1.54) is 19.3 Å². The van der Waals surface area contributed by atoms with Crippen molar-refractivity contribution in [3.63, 3.8) is 0 Å². The van der Waals surface area contributed by atoms with E-state index in [-0.39, 0.29) is 5.78 Å². The third-order valence-electron chi connectivity index (χ3n) is 6.59. The molecule has 0 aliphatic heterocycles. The summed E-state index contributed by atoms with van der Waals surface area (Å²) in [6, 6.07) is 23.6. The number of carbonyl (C=O) groups is 1. The summed E-state index contributed by atoms with van der Waals surface area (Å²) in [5.74, 6) is 1.57. The van der Waals surface area contributed by atoms with E-state index < -0.39 is 0 Å². The maximum absolute atomic E-state index is 13.9. The van der Waals surface area contributed by atoms with Crippen molar-refractivity contribution in [3.05, 3.63) is 95.1 Å². The molecule has 0 amide bonds. The first kappa shape index (κ1) is 25.4. The van der Waals surface area contributed by atoms with Crippen molar-refractivity contribution in [1.29, 1.82) is 0 Å². The van der Waals surface area contributed by atoms with Gasteiger partial charge in [-0.15, -0.1) is 0 Å². The second-order valence-corrected chi connectivity index (χ2v) is 9.06. The number of allylic oxidation sites excluding steroid dienone is 2. The monoisotopic (exact) mass is 481 g/mol.